The smallest absolute Gasteiger partial charge is 0.248 e. The lowest BCUT2D eigenvalue weighted by Crippen LogP contribution is -2.15. The van der Waals surface area contributed by atoms with E-state index in [1.54, 1.807) is 6.92 Å². The summed E-state index contributed by atoms with van der Waals surface area (Å²) in [6, 6.07) is 7.86. The first kappa shape index (κ1) is 11.3. The average Bonchev–Trinajstić information content (AvgIpc) is 2.67. The number of benzene rings is 1. The summed E-state index contributed by atoms with van der Waals surface area (Å²) < 4.78 is 0. The highest BCUT2D eigenvalue weighted by molar-refractivity contribution is 5.90. The third-order valence-corrected chi connectivity index (χ3v) is 2.33. The second kappa shape index (κ2) is 4.78. The fraction of sp³-hybridized carbons (Fsp3) is 0.250. The first-order valence-electron chi connectivity index (χ1n) is 5.38. The lowest BCUT2D eigenvalue weighted by atomic mass is 10.1. The van der Waals surface area contributed by atoms with Gasteiger partial charge in [0.2, 0.25) is 11.9 Å². The SMILES string of the molecule is Cc1ccc(CC(=O)Nc2n[nH]c(C)n2)cc1. The van der Waals surface area contributed by atoms with E-state index in [1.807, 2.05) is 31.2 Å². The predicted octanol–water partition coefficient (Wildman–Crippen LogP) is 1.60. The van der Waals surface area contributed by atoms with Gasteiger partial charge in [-0.2, -0.15) is 4.98 Å². The van der Waals surface area contributed by atoms with Crippen LogP contribution in [0, 0.1) is 13.8 Å². The van der Waals surface area contributed by atoms with Crippen molar-refractivity contribution >= 4 is 11.9 Å². The lowest BCUT2D eigenvalue weighted by molar-refractivity contribution is -0.115. The fourth-order valence-electron chi connectivity index (χ4n) is 1.46. The summed E-state index contributed by atoms with van der Waals surface area (Å²) in [5.74, 6) is 0.878. The first-order valence-corrected chi connectivity index (χ1v) is 5.38. The number of aromatic amines is 1. The number of anilines is 1. The number of carbonyl (C=O) groups excluding carboxylic acids is 1. The highest BCUT2D eigenvalue weighted by atomic mass is 16.1. The monoisotopic (exact) mass is 230 g/mol. The highest BCUT2D eigenvalue weighted by Crippen LogP contribution is 2.05. The Morgan fingerprint density at radius 3 is 2.59 bits per heavy atom. The Morgan fingerprint density at radius 2 is 2.00 bits per heavy atom. The van der Waals surface area contributed by atoms with Crippen molar-refractivity contribution < 1.29 is 4.79 Å². The Kier molecular flexibility index (Phi) is 3.18. The van der Waals surface area contributed by atoms with Gasteiger partial charge in [-0.05, 0) is 19.4 Å². The quantitative estimate of drug-likeness (QED) is 0.841. The molecule has 1 heterocycles. The molecule has 2 aromatic rings. The molecule has 2 rings (SSSR count). The molecule has 0 saturated carbocycles. The minimum absolute atomic E-state index is 0.118. The Hall–Kier alpha value is -2.17. The van der Waals surface area contributed by atoms with Crippen LogP contribution in [0.2, 0.25) is 0 Å². The van der Waals surface area contributed by atoms with Gasteiger partial charge in [0, 0.05) is 0 Å². The topological polar surface area (TPSA) is 70.7 Å². The van der Waals surface area contributed by atoms with E-state index in [4.69, 9.17) is 0 Å². The largest absolute Gasteiger partial charge is 0.293 e. The number of aryl methyl sites for hydroxylation is 2. The number of H-pyrrole nitrogens is 1. The van der Waals surface area contributed by atoms with Crippen LogP contribution in [0.5, 0.6) is 0 Å². The van der Waals surface area contributed by atoms with Gasteiger partial charge in [0.05, 0.1) is 6.42 Å². The zero-order chi connectivity index (χ0) is 12.3. The van der Waals surface area contributed by atoms with Gasteiger partial charge >= 0.3 is 0 Å². The van der Waals surface area contributed by atoms with Crippen LogP contribution >= 0.6 is 0 Å². The third-order valence-electron chi connectivity index (χ3n) is 2.33. The fourth-order valence-corrected chi connectivity index (χ4v) is 1.46. The van der Waals surface area contributed by atoms with E-state index in [-0.39, 0.29) is 5.91 Å². The van der Waals surface area contributed by atoms with Crippen LogP contribution in [0.3, 0.4) is 0 Å². The molecule has 0 fully saturated rings. The van der Waals surface area contributed by atoms with Crippen molar-refractivity contribution in [2.75, 3.05) is 5.32 Å². The molecule has 0 aliphatic heterocycles. The molecule has 5 heteroatoms. The number of carbonyl (C=O) groups is 1. The van der Waals surface area contributed by atoms with Crippen molar-refractivity contribution in [3.05, 3.63) is 41.2 Å². The maximum Gasteiger partial charge on any atom is 0.248 e. The van der Waals surface area contributed by atoms with Gasteiger partial charge in [0.15, 0.2) is 0 Å². The molecular weight excluding hydrogens is 216 g/mol. The van der Waals surface area contributed by atoms with Crippen molar-refractivity contribution in [3.8, 4) is 0 Å². The first-order chi connectivity index (χ1) is 8.13. The van der Waals surface area contributed by atoms with E-state index in [0.717, 1.165) is 5.56 Å². The van der Waals surface area contributed by atoms with E-state index in [0.29, 0.717) is 18.2 Å². The molecule has 0 bridgehead atoms. The summed E-state index contributed by atoms with van der Waals surface area (Å²) in [6.45, 7) is 3.79. The molecule has 5 nitrogen and oxygen atoms in total. The minimum Gasteiger partial charge on any atom is -0.293 e. The lowest BCUT2D eigenvalue weighted by Gasteiger charge is -2.01. The van der Waals surface area contributed by atoms with Gasteiger partial charge in [-0.15, -0.1) is 5.10 Å². The van der Waals surface area contributed by atoms with E-state index in [9.17, 15) is 4.79 Å². The van der Waals surface area contributed by atoms with Crippen molar-refractivity contribution in [1.29, 1.82) is 0 Å². The number of aromatic nitrogens is 3. The van der Waals surface area contributed by atoms with Crippen LogP contribution in [0.4, 0.5) is 5.95 Å². The van der Waals surface area contributed by atoms with Crippen molar-refractivity contribution in [2.24, 2.45) is 0 Å². The van der Waals surface area contributed by atoms with Crippen molar-refractivity contribution in [1.82, 2.24) is 15.2 Å². The Morgan fingerprint density at radius 1 is 1.29 bits per heavy atom. The molecular formula is C12H14N4O. The standard InChI is InChI=1S/C12H14N4O/c1-8-3-5-10(6-4-8)7-11(17)14-12-13-9(2)15-16-12/h3-6H,7H2,1-2H3,(H2,13,14,15,16,17). The minimum atomic E-state index is -0.118. The Bertz CT molecular complexity index is 516. The average molecular weight is 230 g/mol. The molecule has 0 aliphatic rings. The molecule has 88 valence electrons. The van der Waals surface area contributed by atoms with Crippen LogP contribution in [0.15, 0.2) is 24.3 Å². The van der Waals surface area contributed by atoms with Crippen LogP contribution in [-0.2, 0) is 11.2 Å². The maximum absolute atomic E-state index is 11.7. The summed E-state index contributed by atoms with van der Waals surface area (Å²) in [5, 5.41) is 9.15. The molecule has 0 radical (unpaired) electrons. The summed E-state index contributed by atoms with van der Waals surface area (Å²) in [5.41, 5.74) is 2.15. The predicted molar refractivity (Wildman–Crippen MR) is 64.6 cm³/mol. The van der Waals surface area contributed by atoms with Gasteiger partial charge in [-0.25, -0.2) is 0 Å². The zero-order valence-electron chi connectivity index (χ0n) is 9.82. The molecule has 0 unspecified atom stereocenters. The molecule has 0 spiro atoms. The molecule has 2 N–H and O–H groups in total. The number of nitrogens with one attached hydrogen (secondary N) is 2. The van der Waals surface area contributed by atoms with Gasteiger partial charge < -0.3 is 0 Å². The van der Waals surface area contributed by atoms with Crippen LogP contribution in [0.25, 0.3) is 0 Å². The number of hydrogen-bond acceptors (Lipinski definition) is 3. The van der Waals surface area contributed by atoms with E-state index in [2.05, 4.69) is 20.5 Å². The summed E-state index contributed by atoms with van der Waals surface area (Å²) in [6.07, 6.45) is 0.327. The van der Waals surface area contributed by atoms with Crippen molar-refractivity contribution in [3.63, 3.8) is 0 Å². The zero-order valence-corrected chi connectivity index (χ0v) is 9.82. The summed E-state index contributed by atoms with van der Waals surface area (Å²) >= 11 is 0. The van der Waals surface area contributed by atoms with Crippen LogP contribution in [-0.4, -0.2) is 21.1 Å². The Balaban J connectivity index is 1.95. The van der Waals surface area contributed by atoms with E-state index in [1.165, 1.54) is 5.56 Å². The van der Waals surface area contributed by atoms with Crippen LogP contribution in [0.1, 0.15) is 17.0 Å². The number of nitrogens with zero attached hydrogens (tertiary/aromatic N) is 2. The van der Waals surface area contributed by atoms with Gasteiger partial charge in [0.25, 0.3) is 0 Å². The van der Waals surface area contributed by atoms with Crippen molar-refractivity contribution in [2.45, 2.75) is 20.3 Å². The summed E-state index contributed by atoms with van der Waals surface area (Å²) in [4.78, 5) is 15.7. The molecule has 0 aliphatic carbocycles. The number of amides is 1. The van der Waals surface area contributed by atoms with E-state index < -0.39 is 0 Å². The van der Waals surface area contributed by atoms with Crippen LogP contribution < -0.4 is 5.32 Å². The molecule has 17 heavy (non-hydrogen) atoms. The molecule has 0 atom stereocenters. The molecule has 1 aromatic heterocycles. The molecule has 1 amide bonds. The van der Waals surface area contributed by atoms with Gasteiger partial charge in [-0.3, -0.25) is 15.2 Å². The highest BCUT2D eigenvalue weighted by Gasteiger charge is 2.06. The summed E-state index contributed by atoms with van der Waals surface area (Å²) in [7, 11) is 0. The number of rotatable bonds is 3. The van der Waals surface area contributed by atoms with Gasteiger partial charge in [-0.1, -0.05) is 29.8 Å². The Labute approximate surface area is 99.3 Å². The third kappa shape index (κ3) is 3.14. The second-order valence-corrected chi connectivity index (χ2v) is 3.95. The molecule has 1 aromatic carbocycles. The second-order valence-electron chi connectivity index (χ2n) is 3.95. The molecule has 0 saturated heterocycles. The maximum atomic E-state index is 11.7. The van der Waals surface area contributed by atoms with E-state index >= 15 is 0 Å². The number of hydrogen-bond donors (Lipinski definition) is 2. The normalized spacial score (nSPS) is 10.2. The van der Waals surface area contributed by atoms with Gasteiger partial charge in [0.1, 0.15) is 5.82 Å².